The van der Waals surface area contributed by atoms with Crippen LogP contribution in [0.25, 0.3) is 0 Å². The summed E-state index contributed by atoms with van der Waals surface area (Å²) in [5.41, 5.74) is 1.16. The lowest BCUT2D eigenvalue weighted by atomic mass is 10.1. The fourth-order valence-corrected chi connectivity index (χ4v) is 4.11. The van der Waals surface area contributed by atoms with Gasteiger partial charge in [0, 0.05) is 37.7 Å². The summed E-state index contributed by atoms with van der Waals surface area (Å²) in [6, 6.07) is 12.8. The topological polar surface area (TPSA) is 39.7 Å². The number of thiophene rings is 1. The van der Waals surface area contributed by atoms with Gasteiger partial charge in [0.1, 0.15) is 0 Å². The summed E-state index contributed by atoms with van der Waals surface area (Å²) >= 11 is 8.03. The molecule has 1 aromatic heterocycles. The van der Waals surface area contributed by atoms with Crippen LogP contribution in [0.5, 0.6) is 0 Å². The molecule has 2 aromatic rings. The molecule has 1 aliphatic heterocycles. The Morgan fingerprint density at radius 3 is 2.72 bits per heavy atom. The predicted molar refractivity (Wildman–Crippen MR) is 109 cm³/mol. The van der Waals surface area contributed by atoms with Crippen LogP contribution in [0.1, 0.15) is 18.4 Å². The minimum Gasteiger partial charge on any atom is -0.363 e. The van der Waals surface area contributed by atoms with Gasteiger partial charge in [0.15, 0.2) is 5.96 Å². The molecule has 0 unspecified atom stereocenters. The van der Waals surface area contributed by atoms with E-state index < -0.39 is 0 Å². The van der Waals surface area contributed by atoms with E-state index in [0.29, 0.717) is 6.04 Å². The maximum absolute atomic E-state index is 6.21. The Kier molecular flexibility index (Phi) is 6.59. The van der Waals surface area contributed by atoms with E-state index in [9.17, 15) is 0 Å². The quantitative estimate of drug-likeness (QED) is 0.616. The van der Waals surface area contributed by atoms with Gasteiger partial charge in [0.25, 0.3) is 0 Å². The highest BCUT2D eigenvalue weighted by Crippen LogP contribution is 2.24. The average Bonchev–Trinajstić information content (AvgIpc) is 3.17. The van der Waals surface area contributed by atoms with Crippen LogP contribution in [0, 0.1) is 0 Å². The fourth-order valence-electron chi connectivity index (χ4n) is 3.10. The van der Waals surface area contributed by atoms with Crippen molar-refractivity contribution in [2.45, 2.75) is 25.3 Å². The lowest BCUT2D eigenvalue weighted by Gasteiger charge is -2.33. The third-order valence-electron chi connectivity index (χ3n) is 4.52. The Hall–Kier alpha value is -1.72. The second-order valence-electron chi connectivity index (χ2n) is 6.20. The van der Waals surface area contributed by atoms with Crippen molar-refractivity contribution in [2.75, 3.05) is 31.6 Å². The van der Waals surface area contributed by atoms with Crippen molar-refractivity contribution in [1.82, 2.24) is 10.6 Å². The first-order valence-corrected chi connectivity index (χ1v) is 10.0. The Labute approximate surface area is 158 Å². The molecule has 0 amide bonds. The largest absolute Gasteiger partial charge is 0.363 e. The molecule has 0 saturated carbocycles. The van der Waals surface area contributed by atoms with Crippen molar-refractivity contribution < 1.29 is 0 Å². The molecule has 2 N–H and O–H groups in total. The summed E-state index contributed by atoms with van der Waals surface area (Å²) in [6.07, 6.45) is 3.14. The van der Waals surface area contributed by atoms with E-state index in [1.165, 1.54) is 5.00 Å². The normalized spacial score (nSPS) is 16.1. The molecule has 1 saturated heterocycles. The van der Waals surface area contributed by atoms with Gasteiger partial charge in [0.2, 0.25) is 0 Å². The number of hydrogen-bond donors (Lipinski definition) is 2. The second kappa shape index (κ2) is 9.11. The smallest absolute Gasteiger partial charge is 0.191 e. The molecule has 0 aliphatic carbocycles. The molecular weight excluding hydrogens is 352 g/mol. The Morgan fingerprint density at radius 1 is 1.24 bits per heavy atom. The Bertz CT molecular complexity index is 678. The fraction of sp³-hybridized carbons (Fsp3) is 0.421. The second-order valence-corrected chi connectivity index (χ2v) is 7.53. The maximum atomic E-state index is 6.21. The Balaban J connectivity index is 1.41. The van der Waals surface area contributed by atoms with E-state index in [0.717, 1.165) is 55.4 Å². The van der Waals surface area contributed by atoms with Gasteiger partial charge in [-0.25, -0.2) is 0 Å². The van der Waals surface area contributed by atoms with E-state index in [1.807, 2.05) is 36.6 Å². The monoisotopic (exact) mass is 376 g/mol. The van der Waals surface area contributed by atoms with Gasteiger partial charge in [-0.15, -0.1) is 11.3 Å². The molecule has 0 radical (unpaired) electrons. The van der Waals surface area contributed by atoms with E-state index in [-0.39, 0.29) is 0 Å². The molecule has 0 atom stereocenters. The molecule has 3 rings (SSSR count). The van der Waals surface area contributed by atoms with Gasteiger partial charge in [-0.1, -0.05) is 29.8 Å². The summed E-state index contributed by atoms with van der Waals surface area (Å²) < 4.78 is 0. The number of guanidine groups is 1. The molecule has 1 aromatic carbocycles. The number of nitrogens with one attached hydrogen (secondary N) is 2. The summed E-state index contributed by atoms with van der Waals surface area (Å²) in [4.78, 5) is 6.82. The molecule has 1 fully saturated rings. The first-order valence-electron chi connectivity index (χ1n) is 8.75. The number of nitrogens with zero attached hydrogens (tertiary/aromatic N) is 2. The number of rotatable bonds is 5. The molecular formula is C19H25ClN4S. The number of benzene rings is 1. The highest BCUT2D eigenvalue weighted by molar-refractivity contribution is 7.14. The van der Waals surface area contributed by atoms with Crippen molar-refractivity contribution in [3.63, 3.8) is 0 Å². The lowest BCUT2D eigenvalue weighted by Crippen LogP contribution is -2.49. The molecule has 1 aliphatic rings. The van der Waals surface area contributed by atoms with E-state index in [2.05, 4.69) is 44.1 Å². The maximum Gasteiger partial charge on any atom is 0.191 e. The summed E-state index contributed by atoms with van der Waals surface area (Å²) in [5.74, 6) is 0.877. The van der Waals surface area contributed by atoms with Crippen molar-refractivity contribution in [2.24, 2.45) is 4.99 Å². The summed E-state index contributed by atoms with van der Waals surface area (Å²) in [5, 5.41) is 11.3. The van der Waals surface area contributed by atoms with Crippen molar-refractivity contribution in [3.05, 3.63) is 52.4 Å². The van der Waals surface area contributed by atoms with Crippen LogP contribution in [0.15, 0.2) is 46.8 Å². The molecule has 25 heavy (non-hydrogen) atoms. The number of piperidine rings is 1. The van der Waals surface area contributed by atoms with Crippen LogP contribution in [-0.2, 0) is 6.42 Å². The van der Waals surface area contributed by atoms with Gasteiger partial charge >= 0.3 is 0 Å². The number of hydrogen-bond acceptors (Lipinski definition) is 3. The zero-order valence-electron chi connectivity index (χ0n) is 14.5. The molecule has 0 bridgehead atoms. The van der Waals surface area contributed by atoms with Gasteiger partial charge < -0.3 is 15.5 Å². The third kappa shape index (κ3) is 5.13. The van der Waals surface area contributed by atoms with Crippen LogP contribution < -0.4 is 15.5 Å². The summed E-state index contributed by atoms with van der Waals surface area (Å²) in [7, 11) is 1.83. The molecule has 6 heteroatoms. The van der Waals surface area contributed by atoms with Gasteiger partial charge in [-0.2, -0.15) is 0 Å². The molecule has 2 heterocycles. The van der Waals surface area contributed by atoms with E-state index in [4.69, 9.17) is 11.6 Å². The minimum atomic E-state index is 0.475. The van der Waals surface area contributed by atoms with Gasteiger partial charge in [-0.05, 0) is 48.4 Å². The SMILES string of the molecule is CN=C(NCCc1ccccc1Cl)NC1CCN(c2cccs2)CC1. The zero-order chi connectivity index (χ0) is 17.5. The van der Waals surface area contributed by atoms with Gasteiger partial charge in [-0.3, -0.25) is 4.99 Å². The average molecular weight is 377 g/mol. The van der Waals surface area contributed by atoms with Crippen molar-refractivity contribution in [1.29, 1.82) is 0 Å². The Morgan fingerprint density at radius 2 is 2.04 bits per heavy atom. The third-order valence-corrected chi connectivity index (χ3v) is 5.82. The standard InChI is InChI=1S/C19H25ClN4S/c1-21-19(22-11-8-15-5-2-3-6-17(15)20)23-16-9-12-24(13-10-16)18-7-4-14-25-18/h2-7,14,16H,8-13H2,1H3,(H2,21,22,23). The number of halogens is 1. The number of aliphatic imine (C=N–C) groups is 1. The molecule has 134 valence electrons. The predicted octanol–water partition coefficient (Wildman–Crippen LogP) is 3.78. The zero-order valence-corrected chi connectivity index (χ0v) is 16.1. The van der Waals surface area contributed by atoms with Crippen LogP contribution in [0.2, 0.25) is 5.02 Å². The first kappa shape index (κ1) is 18.1. The first-order chi connectivity index (χ1) is 12.3. The highest BCUT2D eigenvalue weighted by atomic mass is 35.5. The molecule has 4 nitrogen and oxygen atoms in total. The van der Waals surface area contributed by atoms with Crippen LogP contribution in [0.4, 0.5) is 5.00 Å². The van der Waals surface area contributed by atoms with Crippen LogP contribution in [-0.4, -0.2) is 38.7 Å². The van der Waals surface area contributed by atoms with E-state index in [1.54, 1.807) is 0 Å². The summed E-state index contributed by atoms with van der Waals surface area (Å²) in [6.45, 7) is 3.00. The minimum absolute atomic E-state index is 0.475. The highest BCUT2D eigenvalue weighted by Gasteiger charge is 2.20. The molecule has 0 spiro atoms. The van der Waals surface area contributed by atoms with Crippen molar-refractivity contribution >= 4 is 33.9 Å². The lowest BCUT2D eigenvalue weighted by molar-refractivity contribution is 0.463. The van der Waals surface area contributed by atoms with E-state index >= 15 is 0 Å². The van der Waals surface area contributed by atoms with Crippen molar-refractivity contribution in [3.8, 4) is 0 Å². The van der Waals surface area contributed by atoms with Crippen LogP contribution >= 0.6 is 22.9 Å². The number of anilines is 1. The van der Waals surface area contributed by atoms with Crippen LogP contribution in [0.3, 0.4) is 0 Å². The van der Waals surface area contributed by atoms with Gasteiger partial charge in [0.05, 0.1) is 5.00 Å².